The highest BCUT2D eigenvalue weighted by atomic mass is 35.5. The number of nitrogens with zero attached hydrogens (tertiary/aromatic N) is 1. The Labute approximate surface area is 193 Å². The van der Waals surface area contributed by atoms with Crippen LogP contribution in [-0.4, -0.2) is 36.2 Å². The van der Waals surface area contributed by atoms with E-state index in [4.69, 9.17) is 11.6 Å². The van der Waals surface area contributed by atoms with Crippen molar-refractivity contribution in [3.63, 3.8) is 0 Å². The molecule has 1 saturated heterocycles. The maximum atomic E-state index is 12.4. The standard InChI is InChI=1S/C26H27ClN2OS/c1-31-25-11-7-20(8-12-25)22-4-2-3-19(17-22)18-29-15-13-24(14-16-29)28-26(30)21-5-9-23(27)10-6-21/h2-12,17,24H,13-16,18H2,1H3,(H,28,30). The van der Waals surface area contributed by atoms with Crippen molar-refractivity contribution in [1.29, 1.82) is 0 Å². The number of rotatable bonds is 6. The van der Waals surface area contributed by atoms with Gasteiger partial charge in [-0.25, -0.2) is 0 Å². The molecule has 0 atom stereocenters. The Balaban J connectivity index is 1.30. The zero-order valence-electron chi connectivity index (χ0n) is 17.7. The lowest BCUT2D eigenvalue weighted by Crippen LogP contribution is -2.44. The van der Waals surface area contributed by atoms with Crippen LogP contribution in [0.4, 0.5) is 0 Å². The number of likely N-dealkylation sites (tertiary alicyclic amines) is 1. The molecule has 1 N–H and O–H groups in total. The van der Waals surface area contributed by atoms with E-state index in [1.807, 2.05) is 0 Å². The van der Waals surface area contributed by atoms with Crippen molar-refractivity contribution in [2.45, 2.75) is 30.3 Å². The van der Waals surface area contributed by atoms with E-state index in [9.17, 15) is 4.79 Å². The van der Waals surface area contributed by atoms with Gasteiger partial charge in [-0.2, -0.15) is 0 Å². The highest BCUT2D eigenvalue weighted by molar-refractivity contribution is 7.98. The molecule has 0 radical (unpaired) electrons. The Bertz CT molecular complexity index is 1010. The van der Waals surface area contributed by atoms with E-state index in [2.05, 4.69) is 65.0 Å². The summed E-state index contributed by atoms with van der Waals surface area (Å²) in [5, 5.41) is 3.81. The zero-order valence-corrected chi connectivity index (χ0v) is 19.3. The molecule has 3 aromatic rings. The predicted octanol–water partition coefficient (Wildman–Crippen LogP) is 6.12. The van der Waals surface area contributed by atoms with E-state index in [0.717, 1.165) is 32.5 Å². The lowest BCUT2D eigenvalue weighted by atomic mass is 10.0. The number of hydrogen-bond donors (Lipinski definition) is 1. The summed E-state index contributed by atoms with van der Waals surface area (Å²) in [5.74, 6) is -0.0182. The smallest absolute Gasteiger partial charge is 0.251 e. The Morgan fingerprint density at radius 2 is 1.71 bits per heavy atom. The van der Waals surface area contributed by atoms with Crippen LogP contribution in [0, 0.1) is 0 Å². The van der Waals surface area contributed by atoms with Gasteiger partial charge in [0.1, 0.15) is 0 Å². The molecule has 4 rings (SSSR count). The number of benzene rings is 3. The van der Waals surface area contributed by atoms with Gasteiger partial charge in [-0.05, 0) is 78.3 Å². The second kappa shape index (κ2) is 10.4. The van der Waals surface area contributed by atoms with Gasteiger partial charge in [0.2, 0.25) is 0 Å². The second-order valence-corrected chi connectivity index (χ2v) is 9.28. The van der Waals surface area contributed by atoms with Crippen molar-refractivity contribution in [2.75, 3.05) is 19.3 Å². The molecule has 0 bridgehead atoms. The van der Waals surface area contributed by atoms with Crippen LogP contribution in [-0.2, 0) is 6.54 Å². The van der Waals surface area contributed by atoms with Crippen LogP contribution in [0.1, 0.15) is 28.8 Å². The molecule has 0 aromatic heterocycles. The number of amides is 1. The summed E-state index contributed by atoms with van der Waals surface area (Å²) in [6.07, 6.45) is 4.03. The van der Waals surface area contributed by atoms with Crippen molar-refractivity contribution in [1.82, 2.24) is 10.2 Å². The van der Waals surface area contributed by atoms with E-state index in [0.29, 0.717) is 10.6 Å². The molecule has 1 heterocycles. The van der Waals surface area contributed by atoms with Gasteiger partial charge in [-0.3, -0.25) is 9.69 Å². The van der Waals surface area contributed by atoms with Gasteiger partial charge < -0.3 is 5.32 Å². The Morgan fingerprint density at radius 1 is 1.00 bits per heavy atom. The number of nitrogens with one attached hydrogen (secondary N) is 1. The average molecular weight is 451 g/mol. The van der Waals surface area contributed by atoms with E-state index >= 15 is 0 Å². The number of carbonyl (C=O) groups excluding carboxylic acids is 1. The van der Waals surface area contributed by atoms with Gasteiger partial charge in [0.05, 0.1) is 0 Å². The third-order valence-electron chi connectivity index (χ3n) is 5.79. The summed E-state index contributed by atoms with van der Waals surface area (Å²) >= 11 is 7.67. The molecule has 0 aliphatic carbocycles. The number of hydrogen-bond acceptors (Lipinski definition) is 3. The summed E-state index contributed by atoms with van der Waals surface area (Å²) in [4.78, 5) is 16.2. The number of piperidine rings is 1. The van der Waals surface area contributed by atoms with Crippen molar-refractivity contribution >= 4 is 29.3 Å². The first-order valence-corrected chi connectivity index (χ1v) is 12.2. The van der Waals surface area contributed by atoms with Crippen LogP contribution >= 0.6 is 23.4 Å². The van der Waals surface area contributed by atoms with E-state index in [-0.39, 0.29) is 11.9 Å². The maximum Gasteiger partial charge on any atom is 0.251 e. The molecule has 1 aliphatic heterocycles. The molecule has 3 aromatic carbocycles. The van der Waals surface area contributed by atoms with Gasteiger partial charge >= 0.3 is 0 Å². The van der Waals surface area contributed by atoms with Crippen LogP contribution in [0.3, 0.4) is 0 Å². The number of halogens is 1. The highest BCUT2D eigenvalue weighted by Gasteiger charge is 2.21. The molecular weight excluding hydrogens is 424 g/mol. The minimum Gasteiger partial charge on any atom is -0.349 e. The third kappa shape index (κ3) is 5.91. The second-order valence-electron chi connectivity index (χ2n) is 7.96. The first-order chi connectivity index (χ1) is 15.1. The van der Waals surface area contributed by atoms with Crippen LogP contribution in [0.15, 0.2) is 77.7 Å². The molecule has 1 fully saturated rings. The van der Waals surface area contributed by atoms with Crippen molar-refractivity contribution < 1.29 is 4.79 Å². The Morgan fingerprint density at radius 3 is 2.39 bits per heavy atom. The first-order valence-electron chi connectivity index (χ1n) is 10.6. The molecule has 1 aliphatic rings. The van der Waals surface area contributed by atoms with Gasteiger partial charge in [0.15, 0.2) is 0 Å². The summed E-state index contributed by atoms with van der Waals surface area (Å²) in [7, 11) is 0. The minimum atomic E-state index is -0.0182. The maximum absolute atomic E-state index is 12.4. The SMILES string of the molecule is CSc1ccc(-c2cccc(CN3CCC(NC(=O)c4ccc(Cl)cc4)CC3)c2)cc1. The zero-order chi connectivity index (χ0) is 21.6. The number of carbonyl (C=O) groups is 1. The molecule has 0 spiro atoms. The summed E-state index contributed by atoms with van der Waals surface area (Å²) in [5.41, 5.74) is 4.50. The first kappa shape index (κ1) is 21.9. The quantitative estimate of drug-likeness (QED) is 0.459. The molecular formula is C26H27ClN2OS. The fourth-order valence-electron chi connectivity index (χ4n) is 4.00. The molecule has 5 heteroatoms. The average Bonchev–Trinajstić information content (AvgIpc) is 2.81. The Hall–Kier alpha value is -2.27. The van der Waals surface area contributed by atoms with Crippen LogP contribution in [0.25, 0.3) is 11.1 Å². The van der Waals surface area contributed by atoms with E-state index in [1.54, 1.807) is 36.0 Å². The van der Waals surface area contributed by atoms with Crippen LogP contribution in [0.5, 0.6) is 0 Å². The van der Waals surface area contributed by atoms with Crippen LogP contribution in [0.2, 0.25) is 5.02 Å². The molecule has 3 nitrogen and oxygen atoms in total. The van der Waals surface area contributed by atoms with Gasteiger partial charge in [0, 0.05) is 41.2 Å². The van der Waals surface area contributed by atoms with Crippen molar-refractivity contribution in [2.24, 2.45) is 0 Å². The summed E-state index contributed by atoms with van der Waals surface area (Å²) < 4.78 is 0. The summed E-state index contributed by atoms with van der Waals surface area (Å²) in [6.45, 7) is 2.91. The van der Waals surface area contributed by atoms with Gasteiger partial charge in [0.25, 0.3) is 5.91 Å². The van der Waals surface area contributed by atoms with Crippen molar-refractivity contribution in [3.8, 4) is 11.1 Å². The lowest BCUT2D eigenvalue weighted by molar-refractivity contribution is 0.0909. The topological polar surface area (TPSA) is 32.3 Å². The molecule has 31 heavy (non-hydrogen) atoms. The monoisotopic (exact) mass is 450 g/mol. The van der Waals surface area contributed by atoms with Gasteiger partial charge in [-0.1, -0.05) is 41.9 Å². The van der Waals surface area contributed by atoms with E-state index < -0.39 is 0 Å². The third-order valence-corrected chi connectivity index (χ3v) is 6.78. The fourth-order valence-corrected chi connectivity index (χ4v) is 4.53. The minimum absolute atomic E-state index is 0.0182. The predicted molar refractivity (Wildman–Crippen MR) is 131 cm³/mol. The largest absolute Gasteiger partial charge is 0.349 e. The number of thioether (sulfide) groups is 1. The highest BCUT2D eigenvalue weighted by Crippen LogP contribution is 2.25. The Kier molecular flexibility index (Phi) is 7.33. The lowest BCUT2D eigenvalue weighted by Gasteiger charge is -2.32. The fraction of sp³-hybridized carbons (Fsp3) is 0.269. The van der Waals surface area contributed by atoms with Crippen molar-refractivity contribution in [3.05, 3.63) is 88.9 Å². The molecule has 0 saturated carbocycles. The molecule has 0 unspecified atom stereocenters. The van der Waals surface area contributed by atoms with Crippen LogP contribution < -0.4 is 5.32 Å². The molecule has 1 amide bonds. The molecule has 160 valence electrons. The van der Waals surface area contributed by atoms with Gasteiger partial charge in [-0.15, -0.1) is 11.8 Å². The summed E-state index contributed by atoms with van der Waals surface area (Å²) in [6, 6.07) is 24.8. The van der Waals surface area contributed by atoms with E-state index in [1.165, 1.54) is 21.6 Å². The normalized spacial score (nSPS) is 15.0.